The third-order valence-electron chi connectivity index (χ3n) is 4.55. The fourth-order valence-corrected chi connectivity index (χ4v) is 4.29. The molecule has 3 aromatic rings. The maximum Gasteiger partial charge on any atom is 0.271 e. The molecule has 1 amide bonds. The number of H-pyrrole nitrogens is 1. The van der Waals surface area contributed by atoms with Crippen LogP contribution in [0.5, 0.6) is 0 Å². The lowest BCUT2D eigenvalue weighted by atomic mass is 10.1. The summed E-state index contributed by atoms with van der Waals surface area (Å²) in [4.78, 5) is 32.4. The highest BCUT2D eigenvalue weighted by Crippen LogP contribution is 2.39. The van der Waals surface area contributed by atoms with Gasteiger partial charge >= 0.3 is 0 Å². The summed E-state index contributed by atoms with van der Waals surface area (Å²) < 4.78 is 0. The number of hydrogen-bond donors (Lipinski definition) is 4. The van der Waals surface area contributed by atoms with Crippen LogP contribution in [0.3, 0.4) is 0 Å². The second-order valence-corrected chi connectivity index (χ2v) is 8.50. The Kier molecular flexibility index (Phi) is 5.76. The molecule has 154 valence electrons. The number of carbonyl (C=O) groups is 1. The van der Waals surface area contributed by atoms with Crippen LogP contribution in [0.2, 0.25) is 0 Å². The van der Waals surface area contributed by atoms with Gasteiger partial charge in [0.1, 0.15) is 5.69 Å². The number of aromatic nitrogens is 2. The minimum Gasteiger partial charge on any atom is -0.378 e. The Morgan fingerprint density at radius 3 is 2.83 bits per heavy atom. The molecule has 1 unspecified atom stereocenters. The maximum absolute atomic E-state index is 12.3. The SMILES string of the molecule is CC(C)Nc1cc(-c2ccc3c(c2)SC(NC(=O)Cc2ccccn2)N3)c[nH]c1=O. The van der Waals surface area contributed by atoms with Crippen LogP contribution in [-0.2, 0) is 11.2 Å². The van der Waals surface area contributed by atoms with E-state index in [4.69, 9.17) is 0 Å². The third-order valence-corrected chi connectivity index (χ3v) is 5.62. The van der Waals surface area contributed by atoms with Crippen LogP contribution >= 0.6 is 11.8 Å². The van der Waals surface area contributed by atoms with Crippen LogP contribution in [0.25, 0.3) is 11.1 Å². The van der Waals surface area contributed by atoms with E-state index >= 15 is 0 Å². The van der Waals surface area contributed by atoms with Crippen molar-refractivity contribution in [3.05, 3.63) is 70.9 Å². The summed E-state index contributed by atoms with van der Waals surface area (Å²) in [5.74, 6) is -0.0863. The number of hydrogen-bond acceptors (Lipinski definition) is 6. The largest absolute Gasteiger partial charge is 0.378 e. The van der Waals surface area contributed by atoms with Gasteiger partial charge in [-0.25, -0.2) is 0 Å². The lowest BCUT2D eigenvalue weighted by molar-refractivity contribution is -0.120. The summed E-state index contributed by atoms with van der Waals surface area (Å²) in [6.07, 6.45) is 3.64. The summed E-state index contributed by atoms with van der Waals surface area (Å²) in [7, 11) is 0. The lowest BCUT2D eigenvalue weighted by Gasteiger charge is -2.12. The van der Waals surface area contributed by atoms with E-state index in [-0.39, 0.29) is 29.4 Å². The van der Waals surface area contributed by atoms with Gasteiger partial charge in [-0.2, -0.15) is 0 Å². The fraction of sp³-hybridized carbons (Fsp3) is 0.227. The molecule has 0 bridgehead atoms. The fourth-order valence-electron chi connectivity index (χ4n) is 3.21. The molecule has 1 atom stereocenters. The normalized spacial score (nSPS) is 14.8. The van der Waals surface area contributed by atoms with E-state index in [0.29, 0.717) is 5.69 Å². The molecule has 30 heavy (non-hydrogen) atoms. The average Bonchev–Trinajstić information content (AvgIpc) is 3.11. The number of thioether (sulfide) groups is 1. The van der Waals surface area contributed by atoms with Gasteiger partial charge < -0.3 is 20.9 Å². The van der Waals surface area contributed by atoms with Crippen LogP contribution in [0.15, 0.2) is 64.5 Å². The summed E-state index contributed by atoms with van der Waals surface area (Å²) in [6.45, 7) is 3.98. The number of rotatable bonds is 6. The number of pyridine rings is 2. The number of carbonyl (C=O) groups excluding carboxylic acids is 1. The number of nitrogens with zero attached hydrogens (tertiary/aromatic N) is 1. The molecule has 1 aromatic carbocycles. The van der Waals surface area contributed by atoms with E-state index in [1.54, 1.807) is 24.2 Å². The predicted octanol–water partition coefficient (Wildman–Crippen LogP) is 3.42. The van der Waals surface area contributed by atoms with Crippen molar-refractivity contribution in [1.82, 2.24) is 15.3 Å². The van der Waals surface area contributed by atoms with Crippen molar-refractivity contribution in [2.45, 2.75) is 36.7 Å². The molecule has 0 spiro atoms. The molecule has 1 aliphatic heterocycles. The van der Waals surface area contributed by atoms with Gasteiger partial charge in [0.05, 0.1) is 12.1 Å². The minimum atomic E-state index is -0.236. The van der Waals surface area contributed by atoms with Crippen molar-refractivity contribution in [2.75, 3.05) is 10.6 Å². The second-order valence-electron chi connectivity index (χ2n) is 7.35. The van der Waals surface area contributed by atoms with Gasteiger partial charge in [0.15, 0.2) is 5.50 Å². The quantitative estimate of drug-likeness (QED) is 0.487. The maximum atomic E-state index is 12.3. The van der Waals surface area contributed by atoms with Crippen molar-refractivity contribution in [1.29, 1.82) is 0 Å². The topological polar surface area (TPSA) is 98.9 Å². The van der Waals surface area contributed by atoms with Crippen molar-refractivity contribution in [3.8, 4) is 11.1 Å². The molecule has 0 saturated carbocycles. The molecule has 8 heteroatoms. The Hall–Kier alpha value is -3.26. The Morgan fingerprint density at radius 2 is 2.07 bits per heavy atom. The number of nitrogens with one attached hydrogen (secondary N) is 4. The van der Waals surface area contributed by atoms with Crippen LogP contribution in [0, 0.1) is 0 Å². The molecule has 2 aromatic heterocycles. The molecule has 0 saturated heterocycles. The number of aromatic amines is 1. The van der Waals surface area contributed by atoms with E-state index in [0.717, 1.165) is 27.4 Å². The monoisotopic (exact) mass is 421 g/mol. The number of amides is 1. The molecule has 0 radical (unpaired) electrons. The Bertz CT molecular complexity index is 1110. The van der Waals surface area contributed by atoms with E-state index in [1.807, 2.05) is 50.2 Å². The van der Waals surface area contributed by atoms with Gasteiger partial charge in [-0.1, -0.05) is 23.9 Å². The first-order valence-electron chi connectivity index (χ1n) is 9.74. The Labute approximate surface area is 178 Å². The van der Waals surface area contributed by atoms with Crippen molar-refractivity contribution in [3.63, 3.8) is 0 Å². The van der Waals surface area contributed by atoms with E-state index in [2.05, 4.69) is 32.0 Å². The highest BCUT2D eigenvalue weighted by atomic mass is 32.2. The van der Waals surface area contributed by atoms with Gasteiger partial charge in [-0.15, -0.1) is 0 Å². The van der Waals surface area contributed by atoms with Crippen LogP contribution in [-0.4, -0.2) is 27.4 Å². The summed E-state index contributed by atoms with van der Waals surface area (Å²) in [5, 5.41) is 9.47. The molecule has 7 nitrogen and oxygen atoms in total. The van der Waals surface area contributed by atoms with Gasteiger partial charge in [-0.05, 0) is 49.7 Å². The third kappa shape index (κ3) is 4.65. The van der Waals surface area contributed by atoms with Crippen molar-refractivity contribution >= 4 is 29.0 Å². The molecule has 3 heterocycles. The first-order valence-corrected chi connectivity index (χ1v) is 10.6. The first kappa shape index (κ1) is 20.0. The number of fused-ring (bicyclic) bond motifs is 1. The standard InChI is InChI=1S/C22H23N5O2S/c1-13(2)25-18-9-15(12-24-21(18)29)14-6-7-17-19(10-14)30-22(26-17)27-20(28)11-16-5-3-4-8-23-16/h3-10,12-13,22,25-26H,11H2,1-2H3,(H,24,29)(H,27,28). The molecule has 4 N–H and O–H groups in total. The summed E-state index contributed by atoms with van der Waals surface area (Å²) in [5.41, 5.74) is 3.79. The van der Waals surface area contributed by atoms with Gasteiger partial charge in [-0.3, -0.25) is 14.6 Å². The number of anilines is 2. The Balaban J connectivity index is 1.45. The van der Waals surface area contributed by atoms with Gasteiger partial charge in [0.25, 0.3) is 5.56 Å². The first-order chi connectivity index (χ1) is 14.5. The van der Waals surface area contributed by atoms with E-state index < -0.39 is 0 Å². The molecule has 1 aliphatic rings. The minimum absolute atomic E-state index is 0.0863. The molecule has 0 fully saturated rings. The molecule has 0 aliphatic carbocycles. The molecular weight excluding hydrogens is 398 g/mol. The zero-order valence-electron chi connectivity index (χ0n) is 16.7. The number of benzene rings is 1. The van der Waals surface area contributed by atoms with Crippen LogP contribution < -0.4 is 21.5 Å². The zero-order chi connectivity index (χ0) is 21.1. The van der Waals surface area contributed by atoms with Gasteiger partial charge in [0.2, 0.25) is 5.91 Å². The highest BCUT2D eigenvalue weighted by Gasteiger charge is 2.23. The summed E-state index contributed by atoms with van der Waals surface area (Å²) in [6, 6.07) is 13.6. The van der Waals surface area contributed by atoms with Gasteiger partial charge in [0, 0.05) is 34.6 Å². The van der Waals surface area contributed by atoms with E-state index in [9.17, 15) is 9.59 Å². The van der Waals surface area contributed by atoms with Crippen molar-refractivity contribution < 1.29 is 4.79 Å². The van der Waals surface area contributed by atoms with Crippen LogP contribution in [0.4, 0.5) is 11.4 Å². The predicted molar refractivity (Wildman–Crippen MR) is 121 cm³/mol. The Morgan fingerprint density at radius 1 is 1.20 bits per heavy atom. The van der Waals surface area contributed by atoms with Crippen LogP contribution in [0.1, 0.15) is 19.5 Å². The lowest BCUT2D eigenvalue weighted by Crippen LogP contribution is -2.36. The van der Waals surface area contributed by atoms with Crippen molar-refractivity contribution in [2.24, 2.45) is 0 Å². The van der Waals surface area contributed by atoms with E-state index in [1.165, 1.54) is 0 Å². The summed E-state index contributed by atoms with van der Waals surface area (Å²) >= 11 is 1.55. The molecular formula is C22H23N5O2S. The average molecular weight is 422 g/mol. The molecule has 4 rings (SSSR count). The second kappa shape index (κ2) is 8.62. The smallest absolute Gasteiger partial charge is 0.271 e. The highest BCUT2D eigenvalue weighted by molar-refractivity contribution is 8.00. The zero-order valence-corrected chi connectivity index (χ0v) is 17.5.